The van der Waals surface area contributed by atoms with Gasteiger partial charge in [-0.25, -0.2) is 9.79 Å². The number of esters is 1. The third-order valence-corrected chi connectivity index (χ3v) is 6.18. The van der Waals surface area contributed by atoms with Crippen molar-refractivity contribution in [2.24, 2.45) is 10.7 Å². The smallest absolute Gasteiger partial charge is 0.344 e. The van der Waals surface area contributed by atoms with Crippen LogP contribution in [0.3, 0.4) is 0 Å². The Labute approximate surface area is 190 Å². The lowest BCUT2D eigenvalue weighted by Crippen LogP contribution is -2.38. The molecule has 0 aliphatic carbocycles. The van der Waals surface area contributed by atoms with Crippen LogP contribution in [0.5, 0.6) is 0 Å². The SMILES string of the molecule is CCOC(=O)C1=C(c2ccc(Br)cc2)N2C(c3ccc([N+](=O)[O-])cc3)=CSC2N=C1N. The van der Waals surface area contributed by atoms with Crippen molar-refractivity contribution < 1.29 is 14.5 Å². The van der Waals surface area contributed by atoms with Gasteiger partial charge in [-0.2, -0.15) is 0 Å². The summed E-state index contributed by atoms with van der Waals surface area (Å²) in [4.78, 5) is 29.8. The van der Waals surface area contributed by atoms with E-state index >= 15 is 0 Å². The highest BCUT2D eigenvalue weighted by Crippen LogP contribution is 2.46. The van der Waals surface area contributed by atoms with Gasteiger partial charge in [0.15, 0.2) is 5.50 Å². The number of benzene rings is 2. The number of hydrogen-bond donors (Lipinski definition) is 1. The number of carbonyl (C=O) groups is 1. The first kappa shape index (κ1) is 21.1. The van der Waals surface area contributed by atoms with E-state index in [0.29, 0.717) is 5.70 Å². The van der Waals surface area contributed by atoms with Gasteiger partial charge in [-0.1, -0.05) is 39.8 Å². The van der Waals surface area contributed by atoms with Crippen molar-refractivity contribution in [2.45, 2.75) is 12.4 Å². The predicted molar refractivity (Wildman–Crippen MR) is 124 cm³/mol. The molecule has 1 unspecified atom stereocenters. The summed E-state index contributed by atoms with van der Waals surface area (Å²) in [6, 6.07) is 13.8. The summed E-state index contributed by atoms with van der Waals surface area (Å²) in [5, 5.41) is 12.9. The molecule has 0 saturated carbocycles. The maximum absolute atomic E-state index is 12.8. The molecule has 2 N–H and O–H groups in total. The quantitative estimate of drug-likeness (QED) is 0.369. The first-order valence-corrected chi connectivity index (χ1v) is 11.0. The number of hydrogen-bond acceptors (Lipinski definition) is 8. The molecule has 8 nitrogen and oxygen atoms in total. The van der Waals surface area contributed by atoms with Crippen LogP contribution in [0.4, 0.5) is 5.69 Å². The second-order valence-electron chi connectivity index (χ2n) is 6.60. The number of halogens is 1. The number of nitrogens with two attached hydrogens (primary N) is 1. The third-order valence-electron chi connectivity index (χ3n) is 4.74. The lowest BCUT2D eigenvalue weighted by atomic mass is 10.0. The monoisotopic (exact) mass is 500 g/mol. The first-order chi connectivity index (χ1) is 14.9. The maximum Gasteiger partial charge on any atom is 0.344 e. The van der Waals surface area contributed by atoms with E-state index in [0.717, 1.165) is 21.3 Å². The molecule has 0 fully saturated rings. The van der Waals surface area contributed by atoms with Crippen LogP contribution in [-0.2, 0) is 9.53 Å². The van der Waals surface area contributed by atoms with Crippen LogP contribution < -0.4 is 5.73 Å². The van der Waals surface area contributed by atoms with Crippen molar-refractivity contribution in [3.05, 3.63) is 85.2 Å². The molecule has 2 aromatic carbocycles. The van der Waals surface area contributed by atoms with Gasteiger partial charge >= 0.3 is 5.97 Å². The molecule has 158 valence electrons. The molecule has 2 aliphatic heterocycles. The van der Waals surface area contributed by atoms with Crippen molar-refractivity contribution in [1.29, 1.82) is 0 Å². The Morgan fingerprint density at radius 1 is 1.23 bits per heavy atom. The van der Waals surface area contributed by atoms with Crippen LogP contribution in [0.15, 0.2) is 69.0 Å². The Kier molecular flexibility index (Phi) is 5.84. The number of non-ortho nitro benzene ring substituents is 1. The second kappa shape index (κ2) is 8.56. The van der Waals surface area contributed by atoms with Crippen molar-refractivity contribution in [3.63, 3.8) is 0 Å². The van der Waals surface area contributed by atoms with E-state index in [4.69, 9.17) is 10.5 Å². The van der Waals surface area contributed by atoms with Crippen LogP contribution in [0.25, 0.3) is 11.4 Å². The summed E-state index contributed by atoms with van der Waals surface area (Å²) < 4.78 is 6.16. The zero-order chi connectivity index (χ0) is 22.1. The molecule has 1 atom stereocenters. The van der Waals surface area contributed by atoms with E-state index in [9.17, 15) is 14.9 Å². The lowest BCUT2D eigenvalue weighted by Gasteiger charge is -2.34. The van der Waals surface area contributed by atoms with Crippen molar-refractivity contribution in [3.8, 4) is 0 Å². The fourth-order valence-corrected chi connectivity index (χ4v) is 4.64. The average Bonchev–Trinajstić information content (AvgIpc) is 3.17. The summed E-state index contributed by atoms with van der Waals surface area (Å²) in [6.07, 6.45) is 0. The van der Waals surface area contributed by atoms with Gasteiger partial charge in [0.05, 0.1) is 22.9 Å². The van der Waals surface area contributed by atoms with Gasteiger partial charge in [-0.3, -0.25) is 10.1 Å². The van der Waals surface area contributed by atoms with E-state index in [1.165, 1.54) is 23.9 Å². The Morgan fingerprint density at radius 2 is 1.87 bits per heavy atom. The van der Waals surface area contributed by atoms with Gasteiger partial charge in [0.25, 0.3) is 5.69 Å². The fourth-order valence-electron chi connectivity index (χ4n) is 3.36. The Bertz CT molecular complexity index is 1140. The minimum atomic E-state index is -0.555. The molecule has 0 aromatic heterocycles. The van der Waals surface area contributed by atoms with Crippen LogP contribution in [0, 0.1) is 10.1 Å². The van der Waals surface area contributed by atoms with Crippen molar-refractivity contribution in [1.82, 2.24) is 4.90 Å². The van der Waals surface area contributed by atoms with Gasteiger partial charge in [0.1, 0.15) is 11.4 Å². The van der Waals surface area contributed by atoms with Gasteiger partial charge < -0.3 is 15.4 Å². The fraction of sp³-hybridized carbons (Fsp3) is 0.143. The molecule has 10 heteroatoms. The summed E-state index contributed by atoms with van der Waals surface area (Å²) in [6.45, 7) is 1.93. The number of amidine groups is 1. The number of nitro benzene ring substituents is 1. The lowest BCUT2D eigenvalue weighted by molar-refractivity contribution is -0.384. The number of nitrogens with zero attached hydrogens (tertiary/aromatic N) is 3. The standard InChI is InChI=1S/C21H17BrN4O4S/c1-2-30-20(27)17-18(13-3-7-14(22)8-4-13)25-16(11-31-21(25)24-19(17)23)12-5-9-15(10-6-12)26(28)29/h3-11,21H,2H2,1H3,(H2,23,24). The van der Waals surface area contributed by atoms with Crippen LogP contribution in [0.1, 0.15) is 18.1 Å². The van der Waals surface area contributed by atoms with Crippen LogP contribution in [0.2, 0.25) is 0 Å². The molecule has 0 amide bonds. The molecule has 0 spiro atoms. The number of ether oxygens (including phenoxy) is 1. The molecule has 2 aromatic rings. The Balaban J connectivity index is 1.86. The summed E-state index contributed by atoms with van der Waals surface area (Å²) >= 11 is 4.87. The number of carbonyl (C=O) groups excluding carboxylic acids is 1. The number of rotatable bonds is 5. The number of thioether (sulfide) groups is 1. The molecular formula is C21H17BrN4O4S. The topological polar surface area (TPSA) is 111 Å². The summed E-state index contributed by atoms with van der Waals surface area (Å²) in [7, 11) is 0. The molecule has 0 saturated heterocycles. The highest BCUT2D eigenvalue weighted by atomic mass is 79.9. The normalized spacial score (nSPS) is 17.7. The van der Waals surface area contributed by atoms with Crippen molar-refractivity contribution in [2.75, 3.05) is 6.61 Å². The highest BCUT2D eigenvalue weighted by molar-refractivity contribution is 9.10. The van der Waals surface area contributed by atoms with Gasteiger partial charge in [-0.05, 0) is 47.7 Å². The molecular weight excluding hydrogens is 484 g/mol. The van der Waals surface area contributed by atoms with E-state index in [1.807, 2.05) is 34.6 Å². The molecule has 2 heterocycles. The predicted octanol–water partition coefficient (Wildman–Crippen LogP) is 4.33. The highest BCUT2D eigenvalue weighted by Gasteiger charge is 2.39. The van der Waals surface area contributed by atoms with Gasteiger partial charge in [0, 0.05) is 16.6 Å². The van der Waals surface area contributed by atoms with E-state index < -0.39 is 16.4 Å². The summed E-state index contributed by atoms with van der Waals surface area (Å²) in [5.74, 6) is -0.441. The van der Waals surface area contributed by atoms with E-state index in [1.54, 1.807) is 19.1 Å². The van der Waals surface area contributed by atoms with E-state index in [-0.39, 0.29) is 23.7 Å². The minimum Gasteiger partial charge on any atom is -0.462 e. The minimum absolute atomic E-state index is 0.00310. The van der Waals surface area contributed by atoms with Gasteiger partial charge in [-0.15, -0.1) is 0 Å². The second-order valence-corrected chi connectivity index (χ2v) is 8.45. The number of fused-ring (bicyclic) bond motifs is 1. The maximum atomic E-state index is 12.8. The summed E-state index contributed by atoms with van der Waals surface area (Å²) in [5.41, 5.74) is 8.87. The molecule has 31 heavy (non-hydrogen) atoms. The zero-order valence-corrected chi connectivity index (χ0v) is 18.7. The van der Waals surface area contributed by atoms with Crippen LogP contribution in [-0.4, -0.2) is 33.7 Å². The molecule has 4 rings (SSSR count). The first-order valence-electron chi connectivity index (χ1n) is 9.31. The van der Waals surface area contributed by atoms with E-state index in [2.05, 4.69) is 20.9 Å². The third kappa shape index (κ3) is 3.96. The van der Waals surface area contributed by atoms with Crippen molar-refractivity contribution >= 4 is 56.6 Å². The zero-order valence-electron chi connectivity index (χ0n) is 16.3. The van der Waals surface area contributed by atoms with Gasteiger partial charge in [0.2, 0.25) is 0 Å². The Hall–Kier alpha value is -3.11. The largest absolute Gasteiger partial charge is 0.462 e. The average molecular weight is 501 g/mol. The molecule has 0 radical (unpaired) electrons. The Morgan fingerprint density at radius 3 is 2.48 bits per heavy atom. The molecule has 2 aliphatic rings. The van der Waals surface area contributed by atoms with Crippen LogP contribution >= 0.6 is 27.7 Å². The number of nitro groups is 1. The molecule has 0 bridgehead atoms. The number of aliphatic imine (C=N–C) groups is 1.